The van der Waals surface area contributed by atoms with E-state index in [4.69, 9.17) is 0 Å². The average Bonchev–Trinajstić information content (AvgIpc) is 2.95. The molecule has 1 amide bonds. The van der Waals surface area contributed by atoms with Crippen LogP contribution in [0.25, 0.3) is 0 Å². The van der Waals surface area contributed by atoms with Gasteiger partial charge in [0, 0.05) is 51.1 Å². The number of carbonyl (C=O) groups excluding carboxylic acids is 2. The summed E-state index contributed by atoms with van der Waals surface area (Å²) in [5, 5.41) is 6.35. The second kappa shape index (κ2) is 10.7. The van der Waals surface area contributed by atoms with Crippen molar-refractivity contribution in [2.75, 3.05) is 59.4 Å². The van der Waals surface area contributed by atoms with Crippen molar-refractivity contribution in [2.45, 2.75) is 32.1 Å². The van der Waals surface area contributed by atoms with Crippen molar-refractivity contribution >= 4 is 11.7 Å². The van der Waals surface area contributed by atoms with Gasteiger partial charge in [0.25, 0.3) is 0 Å². The second-order valence-corrected chi connectivity index (χ2v) is 8.01. The van der Waals surface area contributed by atoms with E-state index < -0.39 is 0 Å². The number of piperazine rings is 1. The van der Waals surface area contributed by atoms with Crippen molar-refractivity contribution in [1.82, 2.24) is 20.4 Å². The van der Waals surface area contributed by atoms with E-state index in [9.17, 15) is 9.59 Å². The van der Waals surface area contributed by atoms with E-state index in [0.29, 0.717) is 6.54 Å². The van der Waals surface area contributed by atoms with Gasteiger partial charge in [-0.05, 0) is 63.1 Å². The zero-order chi connectivity index (χ0) is 19.8. The number of fused-ring (bicyclic) bond motifs is 1. The maximum Gasteiger partial charge on any atom is 0.220 e. The first-order valence-electron chi connectivity index (χ1n) is 10.6. The molecule has 2 aliphatic rings. The van der Waals surface area contributed by atoms with E-state index in [1.165, 1.54) is 11.1 Å². The third-order valence-electron chi connectivity index (χ3n) is 5.82. The second-order valence-electron chi connectivity index (χ2n) is 8.01. The average molecular weight is 387 g/mol. The summed E-state index contributed by atoms with van der Waals surface area (Å²) in [5.74, 6) is 0.0401. The molecule has 2 heterocycles. The van der Waals surface area contributed by atoms with Crippen LogP contribution in [0.5, 0.6) is 0 Å². The van der Waals surface area contributed by atoms with Gasteiger partial charge in [0.15, 0.2) is 5.78 Å². The highest BCUT2D eigenvalue weighted by Gasteiger charge is 2.14. The molecule has 3 rings (SSSR count). The van der Waals surface area contributed by atoms with Gasteiger partial charge in [0.05, 0.1) is 0 Å². The van der Waals surface area contributed by atoms with Crippen molar-refractivity contribution < 1.29 is 9.59 Å². The quantitative estimate of drug-likeness (QED) is 0.517. The first-order valence-corrected chi connectivity index (χ1v) is 10.6. The van der Waals surface area contributed by atoms with Crippen LogP contribution in [0.2, 0.25) is 0 Å². The molecule has 0 atom stereocenters. The molecule has 0 aliphatic carbocycles. The van der Waals surface area contributed by atoms with Gasteiger partial charge in [-0.1, -0.05) is 12.1 Å². The fraction of sp³-hybridized carbons (Fsp3) is 0.636. The molecular formula is C22H34N4O2. The van der Waals surface area contributed by atoms with E-state index in [0.717, 1.165) is 70.6 Å². The number of likely N-dealkylation sites (N-methyl/N-ethyl adjacent to an activating group) is 1. The van der Waals surface area contributed by atoms with Crippen molar-refractivity contribution in [3.63, 3.8) is 0 Å². The maximum absolute atomic E-state index is 12.5. The molecule has 6 heteroatoms. The fourth-order valence-electron chi connectivity index (χ4n) is 3.91. The van der Waals surface area contributed by atoms with Crippen LogP contribution in [0.4, 0.5) is 0 Å². The van der Waals surface area contributed by atoms with E-state index >= 15 is 0 Å². The Balaban J connectivity index is 1.34. The van der Waals surface area contributed by atoms with Crippen LogP contribution in [0.3, 0.4) is 0 Å². The zero-order valence-electron chi connectivity index (χ0n) is 17.1. The number of hydrogen-bond acceptors (Lipinski definition) is 5. The van der Waals surface area contributed by atoms with E-state index in [2.05, 4.69) is 33.5 Å². The van der Waals surface area contributed by atoms with Gasteiger partial charge in [-0.2, -0.15) is 0 Å². The lowest BCUT2D eigenvalue weighted by Gasteiger charge is -2.32. The monoisotopic (exact) mass is 386 g/mol. The van der Waals surface area contributed by atoms with Crippen LogP contribution >= 0.6 is 0 Å². The number of carbonyl (C=O) groups is 2. The lowest BCUT2D eigenvalue weighted by molar-refractivity contribution is -0.121. The number of ketones is 1. The van der Waals surface area contributed by atoms with Gasteiger partial charge in [-0.15, -0.1) is 0 Å². The summed E-state index contributed by atoms with van der Waals surface area (Å²) in [7, 11) is 2.15. The Morgan fingerprint density at radius 1 is 1.04 bits per heavy atom. The van der Waals surface area contributed by atoms with E-state index in [1.54, 1.807) is 0 Å². The van der Waals surface area contributed by atoms with Crippen LogP contribution in [0, 0.1) is 0 Å². The molecule has 6 nitrogen and oxygen atoms in total. The lowest BCUT2D eigenvalue weighted by atomic mass is 9.97. The molecule has 0 unspecified atom stereocenters. The Morgan fingerprint density at radius 2 is 1.79 bits per heavy atom. The predicted octanol–water partition coefficient (Wildman–Crippen LogP) is 1.09. The number of benzene rings is 1. The molecule has 2 aliphatic heterocycles. The molecule has 0 aromatic heterocycles. The van der Waals surface area contributed by atoms with Gasteiger partial charge in [0.1, 0.15) is 0 Å². The van der Waals surface area contributed by atoms with Crippen molar-refractivity contribution in [3.8, 4) is 0 Å². The Hall–Kier alpha value is -1.76. The van der Waals surface area contributed by atoms with Gasteiger partial charge < -0.3 is 20.4 Å². The summed E-state index contributed by atoms with van der Waals surface area (Å²) >= 11 is 0. The number of hydrogen-bond donors (Lipinski definition) is 2. The summed E-state index contributed by atoms with van der Waals surface area (Å²) in [5.41, 5.74) is 3.34. The summed E-state index contributed by atoms with van der Waals surface area (Å²) in [4.78, 5) is 29.3. The molecule has 0 spiro atoms. The minimum Gasteiger partial charge on any atom is -0.356 e. The highest BCUT2D eigenvalue weighted by Crippen LogP contribution is 2.17. The van der Waals surface area contributed by atoms with Crippen molar-refractivity contribution in [2.24, 2.45) is 0 Å². The highest BCUT2D eigenvalue weighted by atomic mass is 16.2. The Kier molecular flexibility index (Phi) is 8.01. The van der Waals surface area contributed by atoms with Gasteiger partial charge in [-0.25, -0.2) is 0 Å². The van der Waals surface area contributed by atoms with Crippen molar-refractivity contribution in [3.05, 3.63) is 34.9 Å². The number of nitrogens with one attached hydrogen (secondary N) is 2. The molecule has 154 valence electrons. The van der Waals surface area contributed by atoms with E-state index in [1.807, 2.05) is 12.1 Å². The number of nitrogens with zero attached hydrogens (tertiary/aromatic N) is 2. The van der Waals surface area contributed by atoms with Gasteiger partial charge in [-0.3, -0.25) is 9.59 Å². The third-order valence-corrected chi connectivity index (χ3v) is 5.82. The van der Waals surface area contributed by atoms with Crippen LogP contribution in [-0.2, 0) is 17.6 Å². The molecule has 0 radical (unpaired) electrons. The molecule has 0 bridgehead atoms. The molecule has 1 aromatic carbocycles. The molecule has 1 saturated heterocycles. The number of amides is 1. The summed E-state index contributed by atoms with van der Waals surface area (Å²) in [6, 6.07) is 6.02. The van der Waals surface area contributed by atoms with Crippen LogP contribution in [0.1, 0.15) is 40.7 Å². The Bertz CT molecular complexity index is 669. The summed E-state index contributed by atoms with van der Waals surface area (Å²) in [6.45, 7) is 8.12. The number of Topliss-reactive ketones (excluding diaryl/α,β-unsaturated/α-hetero) is 1. The highest BCUT2D eigenvalue weighted by molar-refractivity contribution is 5.98. The largest absolute Gasteiger partial charge is 0.356 e. The van der Waals surface area contributed by atoms with Crippen LogP contribution in [-0.4, -0.2) is 80.9 Å². The smallest absolute Gasteiger partial charge is 0.220 e. The molecule has 0 saturated carbocycles. The first kappa shape index (κ1) is 21.0. The van der Waals surface area contributed by atoms with Crippen LogP contribution < -0.4 is 10.6 Å². The molecular weight excluding hydrogens is 352 g/mol. The standard InChI is InChI=1S/C22H34N4O2/c1-25-13-15-26(16-14-25)12-2-9-24-22(28)6-5-21(27)20-4-3-18-7-10-23-11-8-19(18)17-20/h3-4,17,23H,2,5-16H2,1H3,(H,24,28). The molecule has 1 aromatic rings. The lowest BCUT2D eigenvalue weighted by Crippen LogP contribution is -2.45. The molecule has 2 N–H and O–H groups in total. The number of rotatable bonds is 8. The predicted molar refractivity (Wildman–Crippen MR) is 112 cm³/mol. The molecule has 1 fully saturated rings. The summed E-state index contributed by atoms with van der Waals surface area (Å²) < 4.78 is 0. The normalized spacial score (nSPS) is 18.3. The van der Waals surface area contributed by atoms with Gasteiger partial charge in [0.2, 0.25) is 5.91 Å². The minimum atomic E-state index is -0.0225. The Labute approximate surface area is 168 Å². The van der Waals surface area contributed by atoms with Crippen LogP contribution in [0.15, 0.2) is 18.2 Å². The fourth-order valence-corrected chi connectivity index (χ4v) is 3.91. The van der Waals surface area contributed by atoms with Crippen molar-refractivity contribution in [1.29, 1.82) is 0 Å². The van der Waals surface area contributed by atoms with Gasteiger partial charge >= 0.3 is 0 Å². The molecule has 28 heavy (non-hydrogen) atoms. The third kappa shape index (κ3) is 6.40. The Morgan fingerprint density at radius 3 is 2.57 bits per heavy atom. The summed E-state index contributed by atoms with van der Waals surface area (Å²) in [6.07, 6.45) is 3.49. The maximum atomic E-state index is 12.5. The minimum absolute atomic E-state index is 0.0225. The SMILES string of the molecule is CN1CCN(CCCNC(=O)CCC(=O)c2ccc3c(c2)CCNCC3)CC1. The van der Waals surface area contributed by atoms with E-state index in [-0.39, 0.29) is 24.5 Å². The topological polar surface area (TPSA) is 64.7 Å². The first-order chi connectivity index (χ1) is 13.6. The zero-order valence-corrected chi connectivity index (χ0v) is 17.1.